The van der Waals surface area contributed by atoms with Crippen molar-refractivity contribution in [1.29, 1.82) is 0 Å². The number of aryl methyl sites for hydroxylation is 1. The Labute approximate surface area is 208 Å². The van der Waals surface area contributed by atoms with Crippen molar-refractivity contribution in [3.05, 3.63) is 47.7 Å². The van der Waals surface area contributed by atoms with Gasteiger partial charge in [-0.15, -0.1) is 0 Å². The predicted octanol–water partition coefficient (Wildman–Crippen LogP) is 3.32. The van der Waals surface area contributed by atoms with E-state index in [1.165, 1.54) is 13.4 Å². The summed E-state index contributed by atoms with van der Waals surface area (Å²) in [6.07, 6.45) is 3.21. The smallest absolute Gasteiger partial charge is 0.359 e. The second-order valence-electron chi connectivity index (χ2n) is 8.45. The van der Waals surface area contributed by atoms with Gasteiger partial charge in [0.2, 0.25) is 0 Å². The minimum atomic E-state index is -0.575. The Balaban J connectivity index is 1.92. The molecule has 0 radical (unpaired) electrons. The summed E-state index contributed by atoms with van der Waals surface area (Å²) in [5, 5.41) is 18.8. The molecule has 0 aliphatic rings. The largest absolute Gasteiger partial charge is 0.497 e. The van der Waals surface area contributed by atoms with Gasteiger partial charge < -0.3 is 29.2 Å². The number of ether oxygens (including phenoxy) is 3. The van der Waals surface area contributed by atoms with Gasteiger partial charge in [-0.2, -0.15) is 5.10 Å². The molecule has 0 atom stereocenters. The number of benzene rings is 1. The molecule has 0 spiro atoms. The Morgan fingerprint density at radius 1 is 1.17 bits per heavy atom. The molecule has 3 aromatic heterocycles. The number of fused-ring (bicyclic) bond motifs is 1. The molecule has 190 valence electrons. The molecule has 0 saturated carbocycles. The van der Waals surface area contributed by atoms with E-state index in [2.05, 4.69) is 20.4 Å². The lowest BCUT2D eigenvalue weighted by atomic mass is 10.0. The van der Waals surface area contributed by atoms with Crippen molar-refractivity contribution in [3.63, 3.8) is 0 Å². The molecule has 11 nitrogen and oxygen atoms in total. The molecule has 36 heavy (non-hydrogen) atoms. The fourth-order valence-electron chi connectivity index (χ4n) is 4.41. The van der Waals surface area contributed by atoms with Crippen molar-refractivity contribution in [2.24, 2.45) is 7.05 Å². The van der Waals surface area contributed by atoms with Gasteiger partial charge in [0.25, 0.3) is 0 Å². The summed E-state index contributed by atoms with van der Waals surface area (Å²) in [4.78, 5) is 21.6. The van der Waals surface area contributed by atoms with Gasteiger partial charge in [-0.1, -0.05) is 0 Å². The van der Waals surface area contributed by atoms with Crippen molar-refractivity contribution in [2.75, 3.05) is 26.6 Å². The quantitative estimate of drug-likeness (QED) is 0.337. The molecule has 4 rings (SSSR count). The van der Waals surface area contributed by atoms with Gasteiger partial charge in [-0.05, 0) is 26.0 Å². The number of aliphatic hydroxyl groups excluding tert-OH is 1. The second kappa shape index (κ2) is 10.2. The zero-order valence-corrected chi connectivity index (χ0v) is 21.2. The first-order chi connectivity index (χ1) is 17.3. The highest BCUT2D eigenvalue weighted by Gasteiger charge is 2.29. The molecule has 0 fully saturated rings. The van der Waals surface area contributed by atoms with Crippen molar-refractivity contribution < 1.29 is 24.1 Å². The number of anilines is 1. The number of esters is 1. The molecule has 0 aliphatic carbocycles. The van der Waals surface area contributed by atoms with Crippen molar-refractivity contribution in [1.82, 2.24) is 24.3 Å². The van der Waals surface area contributed by atoms with E-state index >= 15 is 0 Å². The number of nitrogens with zero attached hydrogens (tertiary/aromatic N) is 5. The van der Waals surface area contributed by atoms with Crippen molar-refractivity contribution >= 4 is 22.8 Å². The molecule has 2 N–H and O–H groups in total. The number of hydrogen-bond donors (Lipinski definition) is 2. The number of aromatic nitrogens is 5. The minimum absolute atomic E-state index is 0.0221. The zero-order chi connectivity index (χ0) is 26.0. The summed E-state index contributed by atoms with van der Waals surface area (Å²) in [6.45, 7) is 4.14. The molecule has 4 aromatic rings. The molecule has 0 unspecified atom stereocenters. The summed E-state index contributed by atoms with van der Waals surface area (Å²) < 4.78 is 19.3. The maximum absolute atomic E-state index is 12.6. The highest BCUT2D eigenvalue weighted by Crippen LogP contribution is 2.41. The van der Waals surface area contributed by atoms with Gasteiger partial charge in [-0.25, -0.2) is 14.8 Å². The van der Waals surface area contributed by atoms with E-state index < -0.39 is 5.97 Å². The van der Waals surface area contributed by atoms with Gasteiger partial charge in [-0.3, -0.25) is 4.68 Å². The van der Waals surface area contributed by atoms with Gasteiger partial charge in [0.05, 0.1) is 39.0 Å². The molecule has 0 saturated heterocycles. The third kappa shape index (κ3) is 4.33. The van der Waals surface area contributed by atoms with E-state index in [1.54, 1.807) is 32.1 Å². The molecular weight excluding hydrogens is 464 g/mol. The van der Waals surface area contributed by atoms with Crippen LogP contribution in [0.5, 0.6) is 11.5 Å². The summed E-state index contributed by atoms with van der Waals surface area (Å²) in [7, 11) is 6.24. The van der Waals surface area contributed by atoms with Crippen LogP contribution in [-0.2, 0) is 24.9 Å². The van der Waals surface area contributed by atoms with Crippen LogP contribution in [-0.4, -0.2) is 56.7 Å². The summed E-state index contributed by atoms with van der Waals surface area (Å²) in [6, 6.07) is 5.57. The third-order valence-electron chi connectivity index (χ3n) is 5.97. The standard InChI is InChI=1S/C25H30N6O5/c1-14(2)31-18(12-32)20(17-11-30(3)29-22(17)25(33)36-6)21-23(27-13-28-24(21)31)26-10-15-7-8-16(34-4)9-19(15)35-5/h7-9,11,13-14,32H,10,12H2,1-6H3,(H,26,27,28). The fraction of sp³-hybridized carbons (Fsp3) is 0.360. The Morgan fingerprint density at radius 3 is 2.58 bits per heavy atom. The highest BCUT2D eigenvalue weighted by molar-refractivity contribution is 6.07. The van der Waals surface area contributed by atoms with Gasteiger partial charge in [0, 0.05) is 48.6 Å². The van der Waals surface area contributed by atoms with E-state index in [0.29, 0.717) is 51.7 Å². The Kier molecular flexibility index (Phi) is 7.11. The monoisotopic (exact) mass is 494 g/mol. The van der Waals surface area contributed by atoms with Crippen LogP contribution in [0.3, 0.4) is 0 Å². The predicted molar refractivity (Wildman–Crippen MR) is 134 cm³/mol. The number of nitrogens with one attached hydrogen (secondary N) is 1. The van der Waals surface area contributed by atoms with Crippen LogP contribution in [0.4, 0.5) is 5.82 Å². The Morgan fingerprint density at radius 2 is 1.94 bits per heavy atom. The Hall–Kier alpha value is -4.12. The molecule has 0 aliphatic heterocycles. The van der Waals surface area contributed by atoms with E-state index in [0.717, 1.165) is 5.56 Å². The molecule has 11 heteroatoms. The van der Waals surface area contributed by atoms with Gasteiger partial charge in [0.15, 0.2) is 5.69 Å². The summed E-state index contributed by atoms with van der Waals surface area (Å²) in [5.74, 6) is 1.33. The lowest BCUT2D eigenvalue weighted by Crippen LogP contribution is -2.08. The molecule has 1 aromatic carbocycles. The normalized spacial score (nSPS) is 11.2. The van der Waals surface area contributed by atoms with E-state index in [-0.39, 0.29) is 18.3 Å². The third-order valence-corrected chi connectivity index (χ3v) is 5.97. The fourth-order valence-corrected chi connectivity index (χ4v) is 4.41. The average molecular weight is 495 g/mol. The van der Waals surface area contributed by atoms with Crippen LogP contribution in [0.1, 0.15) is 41.6 Å². The average Bonchev–Trinajstić information content (AvgIpc) is 3.44. The zero-order valence-electron chi connectivity index (χ0n) is 21.2. The van der Waals surface area contributed by atoms with Crippen LogP contribution in [0.25, 0.3) is 22.2 Å². The van der Waals surface area contributed by atoms with Crippen molar-refractivity contribution in [2.45, 2.75) is 33.0 Å². The minimum Gasteiger partial charge on any atom is -0.497 e. The lowest BCUT2D eigenvalue weighted by molar-refractivity contribution is 0.0594. The van der Waals surface area contributed by atoms with Crippen LogP contribution in [0, 0.1) is 0 Å². The van der Waals surface area contributed by atoms with E-state index in [1.807, 2.05) is 36.6 Å². The van der Waals surface area contributed by atoms with Gasteiger partial charge >= 0.3 is 5.97 Å². The second-order valence-corrected chi connectivity index (χ2v) is 8.45. The van der Waals surface area contributed by atoms with Crippen LogP contribution >= 0.6 is 0 Å². The molecule has 0 bridgehead atoms. The summed E-state index contributed by atoms with van der Waals surface area (Å²) in [5.41, 5.74) is 3.42. The molecule has 0 amide bonds. The number of carbonyl (C=O) groups is 1. The topological polar surface area (TPSA) is 126 Å². The van der Waals surface area contributed by atoms with Crippen molar-refractivity contribution in [3.8, 4) is 22.6 Å². The SMILES string of the molecule is COC(=O)c1nn(C)cc1-c1c(CO)n(C(C)C)c2ncnc(NCc3ccc(OC)cc3OC)c12. The number of methoxy groups -OCH3 is 3. The maximum Gasteiger partial charge on any atom is 0.359 e. The van der Waals surface area contributed by atoms with Crippen LogP contribution < -0.4 is 14.8 Å². The van der Waals surface area contributed by atoms with E-state index in [4.69, 9.17) is 14.2 Å². The first-order valence-electron chi connectivity index (χ1n) is 11.4. The first-order valence-corrected chi connectivity index (χ1v) is 11.4. The molecular formula is C25H30N6O5. The first kappa shape index (κ1) is 25.0. The highest BCUT2D eigenvalue weighted by atomic mass is 16.5. The maximum atomic E-state index is 12.6. The van der Waals surface area contributed by atoms with Crippen LogP contribution in [0.2, 0.25) is 0 Å². The Bertz CT molecular complexity index is 1410. The number of carbonyl (C=O) groups excluding carboxylic acids is 1. The van der Waals surface area contributed by atoms with E-state index in [9.17, 15) is 9.90 Å². The lowest BCUT2D eigenvalue weighted by Gasteiger charge is -2.13. The number of rotatable bonds is 9. The van der Waals surface area contributed by atoms with Crippen LogP contribution in [0.15, 0.2) is 30.7 Å². The van der Waals surface area contributed by atoms with Gasteiger partial charge in [0.1, 0.15) is 29.3 Å². The molecule has 3 heterocycles. The summed E-state index contributed by atoms with van der Waals surface area (Å²) >= 11 is 0. The number of aliphatic hydroxyl groups is 1. The number of hydrogen-bond acceptors (Lipinski definition) is 9.